The Hall–Kier alpha value is -1.16. The molecule has 1 aliphatic carbocycles. The Kier molecular flexibility index (Phi) is 4.40. The number of hydrogen-bond donors (Lipinski definition) is 0. The van der Waals surface area contributed by atoms with Crippen molar-refractivity contribution < 1.29 is 4.74 Å². The molecule has 2 atom stereocenters. The van der Waals surface area contributed by atoms with Crippen LogP contribution in [0.4, 0.5) is 5.82 Å². The summed E-state index contributed by atoms with van der Waals surface area (Å²) in [5.74, 6) is 2.91. The summed E-state index contributed by atoms with van der Waals surface area (Å²) < 4.78 is 5.32. The molecule has 122 valence electrons. The first kappa shape index (κ1) is 15.7. The normalized spacial score (nSPS) is 25.4. The molecular formula is C18H29N3O. The van der Waals surface area contributed by atoms with Gasteiger partial charge in [-0.1, -0.05) is 27.2 Å². The van der Waals surface area contributed by atoms with Crippen molar-refractivity contribution in [2.75, 3.05) is 18.6 Å². The van der Waals surface area contributed by atoms with E-state index in [1.807, 2.05) is 0 Å². The number of rotatable bonds is 3. The predicted molar refractivity (Wildman–Crippen MR) is 89.2 cm³/mol. The fourth-order valence-electron chi connectivity index (χ4n) is 3.93. The van der Waals surface area contributed by atoms with E-state index >= 15 is 0 Å². The molecule has 0 aromatic carbocycles. The van der Waals surface area contributed by atoms with Crippen molar-refractivity contribution in [1.82, 2.24) is 9.97 Å². The first-order valence-electron chi connectivity index (χ1n) is 8.63. The molecule has 4 nitrogen and oxygen atoms in total. The number of hydrogen-bond acceptors (Lipinski definition) is 4. The van der Waals surface area contributed by atoms with Crippen LogP contribution in [0.2, 0.25) is 0 Å². The van der Waals surface area contributed by atoms with Crippen molar-refractivity contribution in [3.8, 4) is 0 Å². The number of piperidine rings is 1. The van der Waals surface area contributed by atoms with E-state index in [0.717, 1.165) is 29.8 Å². The Morgan fingerprint density at radius 2 is 1.95 bits per heavy atom. The van der Waals surface area contributed by atoms with Gasteiger partial charge in [0.2, 0.25) is 0 Å². The van der Waals surface area contributed by atoms with Gasteiger partial charge in [-0.05, 0) is 31.6 Å². The van der Waals surface area contributed by atoms with Gasteiger partial charge in [0.15, 0.2) is 0 Å². The van der Waals surface area contributed by atoms with Gasteiger partial charge in [0.05, 0.1) is 12.3 Å². The first-order valence-corrected chi connectivity index (χ1v) is 8.63. The molecule has 0 spiro atoms. The van der Waals surface area contributed by atoms with Gasteiger partial charge in [0.25, 0.3) is 0 Å². The Balaban J connectivity index is 1.96. The molecule has 2 aliphatic rings. The summed E-state index contributed by atoms with van der Waals surface area (Å²) in [7, 11) is 1.73. The van der Waals surface area contributed by atoms with Crippen LogP contribution in [-0.2, 0) is 16.8 Å². The van der Waals surface area contributed by atoms with E-state index in [0.29, 0.717) is 12.6 Å². The summed E-state index contributed by atoms with van der Waals surface area (Å²) in [6, 6.07) is 2.83. The Labute approximate surface area is 134 Å². The summed E-state index contributed by atoms with van der Waals surface area (Å²) in [4.78, 5) is 12.2. The molecule has 0 bridgehead atoms. The molecule has 2 fully saturated rings. The average molecular weight is 303 g/mol. The highest BCUT2D eigenvalue weighted by Gasteiger charge is 2.36. The predicted octanol–water partition coefficient (Wildman–Crippen LogP) is 3.69. The second-order valence-electron chi connectivity index (χ2n) is 7.82. The van der Waals surface area contributed by atoms with Crippen molar-refractivity contribution in [3.05, 3.63) is 17.6 Å². The van der Waals surface area contributed by atoms with Crippen molar-refractivity contribution in [2.24, 2.45) is 5.92 Å². The zero-order valence-corrected chi connectivity index (χ0v) is 14.4. The molecule has 0 amide bonds. The number of fused-ring (bicyclic) bond motifs is 1. The second-order valence-corrected chi connectivity index (χ2v) is 7.82. The van der Waals surface area contributed by atoms with Crippen LogP contribution in [0.5, 0.6) is 0 Å². The first-order chi connectivity index (χ1) is 10.5. The third-order valence-electron chi connectivity index (χ3n) is 5.02. The molecule has 2 heterocycles. The molecule has 1 aromatic rings. The lowest BCUT2D eigenvalue weighted by Gasteiger charge is -2.39. The molecule has 4 heteroatoms. The number of methoxy groups -OCH3 is 1. The molecule has 1 saturated carbocycles. The maximum atomic E-state index is 5.32. The van der Waals surface area contributed by atoms with E-state index in [-0.39, 0.29) is 5.41 Å². The zero-order chi connectivity index (χ0) is 15.7. The van der Waals surface area contributed by atoms with Crippen LogP contribution < -0.4 is 4.90 Å². The average Bonchev–Trinajstić information content (AvgIpc) is 2.94. The Morgan fingerprint density at radius 3 is 2.68 bits per heavy atom. The fraction of sp³-hybridized carbons (Fsp3) is 0.778. The molecule has 2 unspecified atom stereocenters. The van der Waals surface area contributed by atoms with Crippen LogP contribution in [0.15, 0.2) is 6.07 Å². The number of aromatic nitrogens is 2. The van der Waals surface area contributed by atoms with Crippen LogP contribution in [0.25, 0.3) is 0 Å². The minimum Gasteiger partial charge on any atom is -0.378 e. The third-order valence-corrected chi connectivity index (χ3v) is 5.02. The van der Waals surface area contributed by atoms with Crippen LogP contribution in [0.3, 0.4) is 0 Å². The second kappa shape index (κ2) is 6.15. The molecule has 1 aliphatic heterocycles. The maximum Gasteiger partial charge on any atom is 0.136 e. The van der Waals surface area contributed by atoms with Gasteiger partial charge >= 0.3 is 0 Å². The SMILES string of the molecule is COCc1cc(N2CCCC3CCCC32)nc(C(C)(C)C)n1. The topological polar surface area (TPSA) is 38.2 Å². The van der Waals surface area contributed by atoms with E-state index in [4.69, 9.17) is 14.7 Å². The Morgan fingerprint density at radius 1 is 1.18 bits per heavy atom. The standard InChI is InChI=1S/C18H29N3O/c1-18(2,3)17-19-14(12-22-4)11-16(20-17)21-10-6-8-13-7-5-9-15(13)21/h11,13,15H,5-10,12H2,1-4H3. The van der Waals surface area contributed by atoms with Gasteiger partial charge in [0.1, 0.15) is 11.6 Å². The summed E-state index contributed by atoms with van der Waals surface area (Å²) >= 11 is 0. The highest BCUT2D eigenvalue weighted by Crippen LogP contribution is 2.39. The molecular weight excluding hydrogens is 274 g/mol. The molecule has 1 aromatic heterocycles. The molecule has 22 heavy (non-hydrogen) atoms. The minimum absolute atomic E-state index is 0.0383. The lowest BCUT2D eigenvalue weighted by atomic mass is 9.91. The highest BCUT2D eigenvalue weighted by atomic mass is 16.5. The van der Waals surface area contributed by atoms with E-state index in [9.17, 15) is 0 Å². The van der Waals surface area contributed by atoms with Gasteiger partial charge in [-0.25, -0.2) is 9.97 Å². The van der Waals surface area contributed by atoms with Crippen LogP contribution >= 0.6 is 0 Å². The number of ether oxygens (including phenoxy) is 1. The largest absolute Gasteiger partial charge is 0.378 e. The lowest BCUT2D eigenvalue weighted by molar-refractivity contribution is 0.181. The summed E-state index contributed by atoms with van der Waals surface area (Å²) in [5.41, 5.74) is 0.959. The van der Waals surface area contributed by atoms with Crippen molar-refractivity contribution >= 4 is 5.82 Å². The van der Waals surface area contributed by atoms with Crippen LogP contribution in [-0.4, -0.2) is 29.7 Å². The van der Waals surface area contributed by atoms with E-state index < -0.39 is 0 Å². The van der Waals surface area contributed by atoms with Gasteiger partial charge < -0.3 is 9.64 Å². The quantitative estimate of drug-likeness (QED) is 0.853. The molecule has 1 saturated heterocycles. The molecule has 3 rings (SSSR count). The minimum atomic E-state index is -0.0383. The maximum absolute atomic E-state index is 5.32. The van der Waals surface area contributed by atoms with Gasteiger partial charge in [-0.15, -0.1) is 0 Å². The summed E-state index contributed by atoms with van der Waals surface area (Å²) in [6.45, 7) is 8.22. The Bertz CT molecular complexity index is 524. The van der Waals surface area contributed by atoms with Crippen molar-refractivity contribution in [2.45, 2.75) is 70.9 Å². The molecule has 0 N–H and O–H groups in total. The fourth-order valence-corrected chi connectivity index (χ4v) is 3.93. The zero-order valence-electron chi connectivity index (χ0n) is 14.4. The van der Waals surface area contributed by atoms with Crippen molar-refractivity contribution in [1.29, 1.82) is 0 Å². The number of anilines is 1. The number of nitrogens with zero attached hydrogens (tertiary/aromatic N) is 3. The van der Waals surface area contributed by atoms with Gasteiger partial charge in [-0.2, -0.15) is 0 Å². The monoisotopic (exact) mass is 303 g/mol. The van der Waals surface area contributed by atoms with Gasteiger partial charge in [0, 0.05) is 31.2 Å². The summed E-state index contributed by atoms with van der Waals surface area (Å²) in [5, 5.41) is 0. The summed E-state index contributed by atoms with van der Waals surface area (Å²) in [6.07, 6.45) is 6.76. The van der Waals surface area contributed by atoms with E-state index in [1.165, 1.54) is 32.1 Å². The third kappa shape index (κ3) is 3.12. The van der Waals surface area contributed by atoms with Gasteiger partial charge in [-0.3, -0.25) is 0 Å². The molecule has 0 radical (unpaired) electrons. The van der Waals surface area contributed by atoms with Crippen LogP contribution in [0.1, 0.15) is 64.4 Å². The lowest BCUT2D eigenvalue weighted by Crippen LogP contribution is -2.43. The van der Waals surface area contributed by atoms with Crippen molar-refractivity contribution in [3.63, 3.8) is 0 Å². The van der Waals surface area contributed by atoms with E-state index in [2.05, 4.69) is 31.7 Å². The highest BCUT2D eigenvalue weighted by molar-refractivity contribution is 5.43. The smallest absolute Gasteiger partial charge is 0.136 e. The van der Waals surface area contributed by atoms with E-state index in [1.54, 1.807) is 7.11 Å². The van der Waals surface area contributed by atoms with Crippen LogP contribution in [0, 0.1) is 5.92 Å².